The number of carbonyl (C=O) groups is 1. The first-order chi connectivity index (χ1) is 8.11. The quantitative estimate of drug-likeness (QED) is 0.741. The summed E-state index contributed by atoms with van der Waals surface area (Å²) in [5.74, 6) is 0.00135. The van der Waals surface area contributed by atoms with Crippen molar-refractivity contribution in [3.63, 3.8) is 0 Å². The molecular weight excluding hydrogens is 218 g/mol. The normalized spacial score (nSPS) is 12.4. The second-order valence-corrected chi connectivity index (χ2v) is 4.23. The summed E-state index contributed by atoms with van der Waals surface area (Å²) >= 11 is 0. The SMILES string of the molecule is CCC(O)CCNC(=O)CCn1cc(C)cn1. The molecule has 0 aliphatic carbocycles. The van der Waals surface area contributed by atoms with E-state index in [1.165, 1.54) is 0 Å². The lowest BCUT2D eigenvalue weighted by atomic mass is 10.2. The van der Waals surface area contributed by atoms with E-state index in [0.29, 0.717) is 25.9 Å². The number of aryl methyl sites for hydroxylation is 2. The fourth-order valence-corrected chi connectivity index (χ4v) is 1.48. The number of hydrogen-bond donors (Lipinski definition) is 2. The van der Waals surface area contributed by atoms with Gasteiger partial charge in [0.15, 0.2) is 0 Å². The molecule has 0 aliphatic rings. The molecule has 0 saturated carbocycles. The number of rotatable bonds is 7. The minimum atomic E-state index is -0.316. The summed E-state index contributed by atoms with van der Waals surface area (Å²) in [5, 5.41) is 16.2. The molecule has 1 unspecified atom stereocenters. The van der Waals surface area contributed by atoms with Gasteiger partial charge in [0.2, 0.25) is 5.91 Å². The highest BCUT2D eigenvalue weighted by molar-refractivity contribution is 5.75. The van der Waals surface area contributed by atoms with Crippen molar-refractivity contribution in [3.8, 4) is 0 Å². The Morgan fingerprint density at radius 3 is 3.00 bits per heavy atom. The maximum Gasteiger partial charge on any atom is 0.221 e. The molecule has 0 spiro atoms. The Hall–Kier alpha value is -1.36. The number of aliphatic hydroxyl groups excluding tert-OH is 1. The van der Waals surface area contributed by atoms with Gasteiger partial charge in [0.1, 0.15) is 0 Å². The van der Waals surface area contributed by atoms with Crippen LogP contribution in [0.1, 0.15) is 31.7 Å². The number of hydrogen-bond acceptors (Lipinski definition) is 3. The number of amides is 1. The fraction of sp³-hybridized carbons (Fsp3) is 0.667. The molecular formula is C12H21N3O2. The van der Waals surface area contributed by atoms with Crippen LogP contribution in [-0.4, -0.2) is 33.4 Å². The summed E-state index contributed by atoms with van der Waals surface area (Å²) in [7, 11) is 0. The topological polar surface area (TPSA) is 67.2 Å². The predicted octanol–water partition coefficient (Wildman–Crippen LogP) is 0.859. The largest absolute Gasteiger partial charge is 0.393 e. The molecule has 0 saturated heterocycles. The molecule has 5 heteroatoms. The van der Waals surface area contributed by atoms with Crippen molar-refractivity contribution < 1.29 is 9.90 Å². The van der Waals surface area contributed by atoms with Gasteiger partial charge in [0.25, 0.3) is 0 Å². The first kappa shape index (κ1) is 13.7. The summed E-state index contributed by atoms with van der Waals surface area (Å²) in [6.45, 7) is 5.02. The van der Waals surface area contributed by atoms with Crippen LogP contribution >= 0.6 is 0 Å². The number of aromatic nitrogens is 2. The van der Waals surface area contributed by atoms with Gasteiger partial charge in [-0.05, 0) is 25.3 Å². The van der Waals surface area contributed by atoms with Crippen LogP contribution in [0.25, 0.3) is 0 Å². The monoisotopic (exact) mass is 239 g/mol. The molecule has 1 amide bonds. The standard InChI is InChI=1S/C12H21N3O2/c1-3-11(16)4-6-13-12(17)5-7-15-9-10(2)8-14-15/h8-9,11,16H,3-7H2,1-2H3,(H,13,17). The highest BCUT2D eigenvalue weighted by Crippen LogP contribution is 1.97. The van der Waals surface area contributed by atoms with Crippen LogP contribution in [0.15, 0.2) is 12.4 Å². The predicted molar refractivity (Wildman–Crippen MR) is 65.5 cm³/mol. The molecule has 1 aromatic rings. The lowest BCUT2D eigenvalue weighted by Crippen LogP contribution is -2.27. The number of nitrogens with zero attached hydrogens (tertiary/aromatic N) is 2. The smallest absolute Gasteiger partial charge is 0.221 e. The minimum absolute atomic E-state index is 0.00135. The second kappa shape index (κ2) is 7.06. The van der Waals surface area contributed by atoms with Crippen molar-refractivity contribution in [2.24, 2.45) is 0 Å². The Bertz CT molecular complexity index is 349. The molecule has 1 heterocycles. The van der Waals surface area contributed by atoms with E-state index in [0.717, 1.165) is 12.0 Å². The zero-order valence-corrected chi connectivity index (χ0v) is 10.5. The van der Waals surface area contributed by atoms with E-state index in [1.54, 1.807) is 10.9 Å². The highest BCUT2D eigenvalue weighted by Gasteiger charge is 2.04. The van der Waals surface area contributed by atoms with Crippen LogP contribution < -0.4 is 5.32 Å². The average molecular weight is 239 g/mol. The molecule has 0 fully saturated rings. The summed E-state index contributed by atoms with van der Waals surface area (Å²) < 4.78 is 1.76. The van der Waals surface area contributed by atoms with Crippen LogP contribution in [0.5, 0.6) is 0 Å². The Labute approximate surface area is 102 Å². The number of nitrogens with one attached hydrogen (secondary N) is 1. The van der Waals surface area contributed by atoms with Gasteiger partial charge in [-0.1, -0.05) is 6.92 Å². The maximum absolute atomic E-state index is 11.5. The van der Waals surface area contributed by atoms with E-state index in [4.69, 9.17) is 0 Å². The molecule has 0 aliphatic heterocycles. The summed E-state index contributed by atoms with van der Waals surface area (Å²) in [5.41, 5.74) is 1.09. The Kier molecular flexibility index (Phi) is 5.69. The molecule has 0 bridgehead atoms. The zero-order valence-electron chi connectivity index (χ0n) is 10.5. The molecule has 1 aromatic heterocycles. The fourth-order valence-electron chi connectivity index (χ4n) is 1.48. The molecule has 2 N–H and O–H groups in total. The van der Waals surface area contributed by atoms with E-state index in [-0.39, 0.29) is 12.0 Å². The van der Waals surface area contributed by atoms with Crippen LogP contribution in [0.4, 0.5) is 0 Å². The van der Waals surface area contributed by atoms with E-state index in [1.807, 2.05) is 20.0 Å². The van der Waals surface area contributed by atoms with Crippen molar-refractivity contribution in [2.45, 2.75) is 45.8 Å². The van der Waals surface area contributed by atoms with Crippen molar-refractivity contribution in [3.05, 3.63) is 18.0 Å². The van der Waals surface area contributed by atoms with Crippen molar-refractivity contribution >= 4 is 5.91 Å². The molecule has 0 aromatic carbocycles. The van der Waals surface area contributed by atoms with Crippen LogP contribution in [0, 0.1) is 6.92 Å². The molecule has 0 radical (unpaired) electrons. The first-order valence-electron chi connectivity index (χ1n) is 6.05. The van der Waals surface area contributed by atoms with E-state index in [9.17, 15) is 9.90 Å². The van der Waals surface area contributed by atoms with Gasteiger partial charge in [0, 0.05) is 25.7 Å². The molecule has 1 rings (SSSR count). The van der Waals surface area contributed by atoms with E-state index in [2.05, 4.69) is 10.4 Å². The van der Waals surface area contributed by atoms with Gasteiger partial charge in [0.05, 0.1) is 12.3 Å². The van der Waals surface area contributed by atoms with Gasteiger partial charge < -0.3 is 10.4 Å². The Morgan fingerprint density at radius 2 is 2.41 bits per heavy atom. The van der Waals surface area contributed by atoms with Crippen molar-refractivity contribution in [1.29, 1.82) is 0 Å². The number of aliphatic hydroxyl groups is 1. The lowest BCUT2D eigenvalue weighted by molar-refractivity contribution is -0.121. The third kappa shape index (κ3) is 5.49. The van der Waals surface area contributed by atoms with Crippen LogP contribution in [0.2, 0.25) is 0 Å². The van der Waals surface area contributed by atoms with Crippen LogP contribution in [-0.2, 0) is 11.3 Å². The summed E-state index contributed by atoms with van der Waals surface area (Å²) in [6.07, 6.45) is 5.13. The Morgan fingerprint density at radius 1 is 1.65 bits per heavy atom. The average Bonchev–Trinajstić information content (AvgIpc) is 2.72. The van der Waals surface area contributed by atoms with Crippen molar-refractivity contribution in [1.82, 2.24) is 15.1 Å². The maximum atomic E-state index is 11.5. The van der Waals surface area contributed by atoms with Crippen molar-refractivity contribution in [2.75, 3.05) is 6.54 Å². The van der Waals surface area contributed by atoms with E-state index < -0.39 is 0 Å². The minimum Gasteiger partial charge on any atom is -0.393 e. The van der Waals surface area contributed by atoms with Gasteiger partial charge in [-0.15, -0.1) is 0 Å². The van der Waals surface area contributed by atoms with Gasteiger partial charge in [-0.3, -0.25) is 9.48 Å². The molecule has 1 atom stereocenters. The van der Waals surface area contributed by atoms with E-state index >= 15 is 0 Å². The molecule has 17 heavy (non-hydrogen) atoms. The third-order valence-electron chi connectivity index (χ3n) is 2.60. The summed E-state index contributed by atoms with van der Waals surface area (Å²) in [6, 6.07) is 0. The first-order valence-corrected chi connectivity index (χ1v) is 6.05. The molecule has 96 valence electrons. The van der Waals surface area contributed by atoms with Gasteiger partial charge in [-0.2, -0.15) is 5.10 Å². The van der Waals surface area contributed by atoms with Crippen LogP contribution in [0.3, 0.4) is 0 Å². The Balaban J connectivity index is 2.13. The summed E-state index contributed by atoms with van der Waals surface area (Å²) in [4.78, 5) is 11.5. The lowest BCUT2D eigenvalue weighted by Gasteiger charge is -2.08. The zero-order chi connectivity index (χ0) is 12.7. The second-order valence-electron chi connectivity index (χ2n) is 4.23. The third-order valence-corrected chi connectivity index (χ3v) is 2.60. The van der Waals surface area contributed by atoms with Gasteiger partial charge in [-0.25, -0.2) is 0 Å². The molecule has 5 nitrogen and oxygen atoms in total. The number of carbonyl (C=O) groups excluding carboxylic acids is 1. The van der Waals surface area contributed by atoms with Gasteiger partial charge >= 0.3 is 0 Å². The highest BCUT2D eigenvalue weighted by atomic mass is 16.3.